The van der Waals surface area contributed by atoms with E-state index in [2.05, 4.69) is 13.8 Å². The van der Waals surface area contributed by atoms with Crippen molar-refractivity contribution in [2.75, 3.05) is 7.11 Å². The molecule has 2 N–H and O–H groups in total. The van der Waals surface area contributed by atoms with Gasteiger partial charge in [0, 0.05) is 18.0 Å². The Morgan fingerprint density at radius 2 is 2.22 bits per heavy atom. The van der Waals surface area contributed by atoms with Crippen molar-refractivity contribution in [3.8, 4) is 11.5 Å². The second-order valence-corrected chi connectivity index (χ2v) is 5.10. The van der Waals surface area contributed by atoms with Gasteiger partial charge < -0.3 is 15.2 Å². The first-order valence-corrected chi connectivity index (χ1v) is 6.76. The molecule has 1 aliphatic rings. The van der Waals surface area contributed by atoms with Gasteiger partial charge in [-0.2, -0.15) is 0 Å². The van der Waals surface area contributed by atoms with Crippen LogP contribution in [0.2, 0.25) is 0 Å². The van der Waals surface area contributed by atoms with Gasteiger partial charge in [0.15, 0.2) is 0 Å². The molecule has 1 unspecified atom stereocenters. The van der Waals surface area contributed by atoms with Crippen molar-refractivity contribution in [3.63, 3.8) is 0 Å². The first kappa shape index (κ1) is 13.2. The third-order valence-electron chi connectivity index (χ3n) is 3.88. The van der Waals surface area contributed by atoms with Crippen LogP contribution in [0.5, 0.6) is 11.5 Å². The van der Waals surface area contributed by atoms with Crippen LogP contribution in [-0.4, -0.2) is 12.7 Å². The Hall–Kier alpha value is -1.22. The molecule has 1 aliphatic heterocycles. The van der Waals surface area contributed by atoms with E-state index in [0.29, 0.717) is 0 Å². The van der Waals surface area contributed by atoms with E-state index >= 15 is 0 Å². The molecule has 2 atom stereocenters. The third-order valence-corrected chi connectivity index (χ3v) is 3.88. The van der Waals surface area contributed by atoms with Crippen LogP contribution in [0.4, 0.5) is 0 Å². The predicted octanol–water partition coefficient (Wildman–Crippen LogP) is 3.43. The largest absolute Gasteiger partial charge is 0.497 e. The molecule has 0 aliphatic carbocycles. The van der Waals surface area contributed by atoms with Gasteiger partial charge in [-0.1, -0.05) is 20.3 Å². The van der Waals surface area contributed by atoms with Gasteiger partial charge in [-0.3, -0.25) is 0 Å². The Balaban J connectivity index is 2.33. The topological polar surface area (TPSA) is 44.5 Å². The van der Waals surface area contributed by atoms with Crippen LogP contribution >= 0.6 is 0 Å². The minimum absolute atomic E-state index is 0.0374. The summed E-state index contributed by atoms with van der Waals surface area (Å²) in [5, 5.41) is 0. The molecule has 18 heavy (non-hydrogen) atoms. The lowest BCUT2D eigenvalue weighted by Gasteiger charge is -2.41. The molecule has 0 radical (unpaired) electrons. The zero-order valence-corrected chi connectivity index (χ0v) is 11.5. The van der Waals surface area contributed by atoms with E-state index in [4.69, 9.17) is 15.2 Å². The Kier molecular flexibility index (Phi) is 3.81. The van der Waals surface area contributed by atoms with E-state index < -0.39 is 0 Å². The first-order valence-electron chi connectivity index (χ1n) is 6.76. The highest BCUT2D eigenvalue weighted by Gasteiger charge is 2.37. The van der Waals surface area contributed by atoms with Crippen molar-refractivity contribution in [2.45, 2.75) is 51.2 Å². The SMILES string of the molecule is CCCC1(CC)C[C@H](N)c2cc(OC)ccc2O1. The maximum Gasteiger partial charge on any atom is 0.125 e. The molecule has 100 valence electrons. The summed E-state index contributed by atoms with van der Waals surface area (Å²) < 4.78 is 11.5. The zero-order chi connectivity index (χ0) is 13.2. The summed E-state index contributed by atoms with van der Waals surface area (Å²) in [6.45, 7) is 4.37. The fourth-order valence-corrected chi connectivity index (χ4v) is 2.82. The molecule has 0 saturated carbocycles. The lowest BCUT2D eigenvalue weighted by Crippen LogP contribution is -2.42. The molecule has 0 aromatic heterocycles. The molecule has 0 saturated heterocycles. The van der Waals surface area contributed by atoms with Crippen LogP contribution in [0.25, 0.3) is 0 Å². The van der Waals surface area contributed by atoms with Crippen LogP contribution in [-0.2, 0) is 0 Å². The number of benzene rings is 1. The quantitative estimate of drug-likeness (QED) is 0.889. The minimum atomic E-state index is -0.0875. The second-order valence-electron chi connectivity index (χ2n) is 5.10. The lowest BCUT2D eigenvalue weighted by molar-refractivity contribution is 0.0229. The summed E-state index contributed by atoms with van der Waals surface area (Å²) in [5.41, 5.74) is 7.29. The van der Waals surface area contributed by atoms with Crippen molar-refractivity contribution in [2.24, 2.45) is 5.73 Å². The number of ether oxygens (including phenoxy) is 2. The van der Waals surface area contributed by atoms with Gasteiger partial charge in [0.05, 0.1) is 7.11 Å². The first-order chi connectivity index (χ1) is 8.64. The summed E-state index contributed by atoms with van der Waals surface area (Å²) in [7, 11) is 1.67. The molecular weight excluding hydrogens is 226 g/mol. The van der Waals surface area contributed by atoms with Crippen molar-refractivity contribution in [1.82, 2.24) is 0 Å². The lowest BCUT2D eigenvalue weighted by atomic mass is 9.82. The summed E-state index contributed by atoms with van der Waals surface area (Å²) in [6, 6.07) is 5.94. The van der Waals surface area contributed by atoms with Crippen LogP contribution in [0.15, 0.2) is 18.2 Å². The second kappa shape index (κ2) is 5.19. The molecule has 0 amide bonds. The Morgan fingerprint density at radius 3 is 2.83 bits per heavy atom. The van der Waals surface area contributed by atoms with Crippen LogP contribution in [0.1, 0.15) is 51.1 Å². The zero-order valence-electron chi connectivity index (χ0n) is 11.5. The van der Waals surface area contributed by atoms with E-state index in [0.717, 1.165) is 42.7 Å². The molecular formula is C15H23NO2. The molecule has 2 rings (SSSR count). The molecule has 1 aromatic carbocycles. The van der Waals surface area contributed by atoms with Gasteiger partial charge in [0.1, 0.15) is 17.1 Å². The van der Waals surface area contributed by atoms with Gasteiger partial charge >= 0.3 is 0 Å². The summed E-state index contributed by atoms with van der Waals surface area (Å²) in [4.78, 5) is 0. The maximum absolute atomic E-state index is 6.32. The standard InChI is InChI=1S/C15H23NO2/c1-4-8-15(5-2)10-13(16)12-9-11(17-3)6-7-14(12)18-15/h6-7,9,13H,4-5,8,10,16H2,1-3H3/t13-,15?/m0/s1. The number of nitrogens with two attached hydrogens (primary N) is 1. The van der Waals surface area contributed by atoms with Crippen molar-refractivity contribution < 1.29 is 9.47 Å². The van der Waals surface area contributed by atoms with Crippen LogP contribution < -0.4 is 15.2 Å². The third kappa shape index (κ3) is 2.32. The van der Waals surface area contributed by atoms with Gasteiger partial charge in [-0.25, -0.2) is 0 Å². The Labute approximate surface area is 109 Å². The Bertz CT molecular complexity index is 419. The smallest absolute Gasteiger partial charge is 0.125 e. The number of hydrogen-bond acceptors (Lipinski definition) is 3. The molecule has 0 spiro atoms. The van der Waals surface area contributed by atoms with Crippen LogP contribution in [0.3, 0.4) is 0 Å². The molecule has 1 heterocycles. The monoisotopic (exact) mass is 249 g/mol. The fraction of sp³-hybridized carbons (Fsp3) is 0.600. The van der Waals surface area contributed by atoms with Crippen molar-refractivity contribution >= 4 is 0 Å². The van der Waals surface area contributed by atoms with Crippen molar-refractivity contribution in [3.05, 3.63) is 23.8 Å². The Morgan fingerprint density at radius 1 is 1.44 bits per heavy atom. The maximum atomic E-state index is 6.32. The number of fused-ring (bicyclic) bond motifs is 1. The minimum Gasteiger partial charge on any atom is -0.497 e. The highest BCUT2D eigenvalue weighted by molar-refractivity contribution is 5.44. The highest BCUT2D eigenvalue weighted by atomic mass is 16.5. The van der Waals surface area contributed by atoms with Gasteiger partial charge in [-0.15, -0.1) is 0 Å². The van der Waals surface area contributed by atoms with Gasteiger partial charge in [0.25, 0.3) is 0 Å². The van der Waals surface area contributed by atoms with E-state index in [1.807, 2.05) is 18.2 Å². The summed E-state index contributed by atoms with van der Waals surface area (Å²) in [6.07, 6.45) is 4.06. The summed E-state index contributed by atoms with van der Waals surface area (Å²) >= 11 is 0. The van der Waals surface area contributed by atoms with Gasteiger partial charge in [-0.05, 0) is 31.0 Å². The molecule has 0 fully saturated rings. The van der Waals surface area contributed by atoms with Crippen molar-refractivity contribution in [1.29, 1.82) is 0 Å². The average Bonchev–Trinajstić information content (AvgIpc) is 2.39. The molecule has 1 aromatic rings. The van der Waals surface area contributed by atoms with E-state index in [1.165, 1.54) is 0 Å². The van der Waals surface area contributed by atoms with E-state index in [-0.39, 0.29) is 11.6 Å². The molecule has 3 nitrogen and oxygen atoms in total. The number of methoxy groups -OCH3 is 1. The molecule has 0 bridgehead atoms. The number of rotatable bonds is 4. The van der Waals surface area contributed by atoms with Crippen LogP contribution in [0, 0.1) is 0 Å². The van der Waals surface area contributed by atoms with Gasteiger partial charge in [0.2, 0.25) is 0 Å². The van der Waals surface area contributed by atoms with E-state index in [9.17, 15) is 0 Å². The van der Waals surface area contributed by atoms with E-state index in [1.54, 1.807) is 7.11 Å². The summed E-state index contributed by atoms with van der Waals surface area (Å²) in [5.74, 6) is 1.76. The number of hydrogen-bond donors (Lipinski definition) is 1. The average molecular weight is 249 g/mol. The highest BCUT2D eigenvalue weighted by Crippen LogP contribution is 2.43. The predicted molar refractivity (Wildman–Crippen MR) is 73.1 cm³/mol. The fourth-order valence-electron chi connectivity index (χ4n) is 2.82. The normalized spacial score (nSPS) is 26.3. The molecule has 3 heteroatoms.